The van der Waals surface area contributed by atoms with Crippen molar-refractivity contribution in [2.75, 3.05) is 16.0 Å². The lowest BCUT2D eigenvalue weighted by Gasteiger charge is -2.15. The summed E-state index contributed by atoms with van der Waals surface area (Å²) in [6.07, 6.45) is 5.04. The monoisotopic (exact) mass is 491 g/mol. The van der Waals surface area contributed by atoms with Gasteiger partial charge in [0.1, 0.15) is 5.02 Å². The summed E-state index contributed by atoms with van der Waals surface area (Å²) in [5.74, 6) is 1.56. The Kier molecular flexibility index (Phi) is 5.89. The first-order valence-corrected chi connectivity index (χ1v) is 12.0. The summed E-state index contributed by atoms with van der Waals surface area (Å²) in [6.45, 7) is 0. The molecular formula is C28H22ClN7. The van der Waals surface area contributed by atoms with Gasteiger partial charge in [-0.1, -0.05) is 54.1 Å². The van der Waals surface area contributed by atoms with Crippen molar-refractivity contribution in [3.05, 3.63) is 107 Å². The van der Waals surface area contributed by atoms with Crippen LogP contribution in [0.15, 0.2) is 91.3 Å². The zero-order chi connectivity index (χ0) is 24.3. The van der Waals surface area contributed by atoms with E-state index in [4.69, 9.17) is 16.6 Å². The van der Waals surface area contributed by atoms with E-state index >= 15 is 0 Å². The molecule has 176 valence electrons. The van der Waals surface area contributed by atoms with Gasteiger partial charge in [0.05, 0.1) is 11.9 Å². The first-order chi connectivity index (χ1) is 17.7. The first-order valence-electron chi connectivity index (χ1n) is 11.6. The van der Waals surface area contributed by atoms with Crippen LogP contribution in [-0.2, 0) is 12.8 Å². The normalized spacial score (nSPS) is 12.2. The molecular weight excluding hydrogens is 470 g/mol. The molecule has 0 fully saturated rings. The number of anilines is 6. The molecule has 0 radical (unpaired) electrons. The van der Waals surface area contributed by atoms with Crippen molar-refractivity contribution in [3.8, 4) is 11.3 Å². The SMILES string of the molecule is Clc1cnc2nc1Nc1ccc(Nc3nccc(-c4ccccc4)n3)c(c1)CCc1cccc(c1)N2. The molecule has 0 amide bonds. The number of rotatable bonds is 3. The summed E-state index contributed by atoms with van der Waals surface area (Å²) < 4.78 is 0. The summed E-state index contributed by atoms with van der Waals surface area (Å²) in [5, 5.41) is 10.5. The molecule has 6 bridgehead atoms. The fourth-order valence-electron chi connectivity index (χ4n) is 4.17. The van der Waals surface area contributed by atoms with Crippen LogP contribution in [0.4, 0.5) is 34.8 Å². The summed E-state index contributed by atoms with van der Waals surface area (Å²) in [5.41, 5.74) is 7.00. The molecule has 3 N–H and O–H groups in total. The average Bonchev–Trinajstić information content (AvgIpc) is 2.91. The largest absolute Gasteiger partial charge is 0.339 e. The van der Waals surface area contributed by atoms with Crippen molar-refractivity contribution in [1.29, 1.82) is 0 Å². The van der Waals surface area contributed by atoms with E-state index in [-0.39, 0.29) is 0 Å². The lowest BCUT2D eigenvalue weighted by Crippen LogP contribution is -2.04. The number of hydrogen-bond acceptors (Lipinski definition) is 7. The van der Waals surface area contributed by atoms with Gasteiger partial charge in [0.25, 0.3) is 0 Å². The second-order valence-electron chi connectivity index (χ2n) is 8.47. The number of hydrogen-bond donors (Lipinski definition) is 3. The molecule has 5 aromatic rings. The van der Waals surface area contributed by atoms with Gasteiger partial charge >= 0.3 is 0 Å². The summed E-state index contributed by atoms with van der Waals surface area (Å²) in [4.78, 5) is 18.1. The molecule has 0 saturated carbocycles. The Balaban J connectivity index is 1.37. The Labute approximate surface area is 213 Å². The molecule has 6 rings (SSSR count). The van der Waals surface area contributed by atoms with Crippen LogP contribution in [0.2, 0.25) is 5.02 Å². The highest BCUT2D eigenvalue weighted by Gasteiger charge is 2.12. The van der Waals surface area contributed by atoms with E-state index in [1.165, 1.54) is 5.56 Å². The zero-order valence-electron chi connectivity index (χ0n) is 19.2. The number of benzene rings is 3. The van der Waals surface area contributed by atoms with Gasteiger partial charge in [-0.05, 0) is 60.4 Å². The number of nitrogens with zero attached hydrogens (tertiary/aromatic N) is 4. The molecule has 0 saturated heterocycles. The highest BCUT2D eigenvalue weighted by atomic mass is 35.5. The van der Waals surface area contributed by atoms with E-state index in [0.717, 1.165) is 46.7 Å². The summed E-state index contributed by atoms with van der Waals surface area (Å²) in [7, 11) is 0. The zero-order valence-corrected chi connectivity index (χ0v) is 20.0. The molecule has 0 atom stereocenters. The molecule has 1 aliphatic heterocycles. The molecule has 0 spiro atoms. The van der Waals surface area contributed by atoms with Crippen LogP contribution in [0.3, 0.4) is 0 Å². The molecule has 1 aliphatic rings. The van der Waals surface area contributed by atoms with Crippen LogP contribution in [0.5, 0.6) is 0 Å². The molecule has 3 aromatic carbocycles. The highest BCUT2D eigenvalue weighted by molar-refractivity contribution is 6.32. The quantitative estimate of drug-likeness (QED) is 0.252. The molecule has 8 heteroatoms. The predicted octanol–water partition coefficient (Wildman–Crippen LogP) is 6.92. The third-order valence-corrected chi connectivity index (χ3v) is 6.23. The number of halogens is 1. The first kappa shape index (κ1) is 22.0. The van der Waals surface area contributed by atoms with Crippen molar-refractivity contribution < 1.29 is 0 Å². The van der Waals surface area contributed by atoms with Crippen molar-refractivity contribution in [1.82, 2.24) is 19.9 Å². The second-order valence-corrected chi connectivity index (χ2v) is 8.88. The van der Waals surface area contributed by atoms with Crippen LogP contribution in [0.25, 0.3) is 11.3 Å². The molecule has 0 unspecified atom stereocenters. The molecule has 36 heavy (non-hydrogen) atoms. The fraction of sp³-hybridized carbons (Fsp3) is 0.0714. The standard InChI is InChI=1S/C28H22ClN7/c29-23-17-31-28-33-21-8-4-5-18(15-21)9-10-20-16-22(32-26(23)36-28)11-12-24(20)34-27-30-14-13-25(35-27)19-6-2-1-3-7-19/h1-8,11-17H,9-10H2,(H,30,34,35)(H2,31,32,33,36). The van der Waals surface area contributed by atoms with E-state index in [9.17, 15) is 0 Å². The van der Waals surface area contributed by atoms with Gasteiger partial charge in [-0.25, -0.2) is 15.0 Å². The van der Waals surface area contributed by atoms with Crippen molar-refractivity contribution in [3.63, 3.8) is 0 Å². The fourth-order valence-corrected chi connectivity index (χ4v) is 4.31. The Morgan fingerprint density at radius 3 is 2.58 bits per heavy atom. The van der Waals surface area contributed by atoms with Crippen molar-refractivity contribution in [2.24, 2.45) is 0 Å². The van der Waals surface area contributed by atoms with Crippen molar-refractivity contribution >= 4 is 46.4 Å². The number of nitrogens with one attached hydrogen (secondary N) is 3. The van der Waals surface area contributed by atoms with Crippen LogP contribution < -0.4 is 16.0 Å². The Morgan fingerprint density at radius 2 is 1.67 bits per heavy atom. The summed E-state index contributed by atoms with van der Waals surface area (Å²) >= 11 is 6.39. The lowest BCUT2D eigenvalue weighted by molar-refractivity contribution is 0.961. The number of aryl methyl sites for hydroxylation is 2. The van der Waals surface area contributed by atoms with Crippen LogP contribution in [-0.4, -0.2) is 19.9 Å². The van der Waals surface area contributed by atoms with Gasteiger partial charge in [0.2, 0.25) is 11.9 Å². The van der Waals surface area contributed by atoms with E-state index in [1.54, 1.807) is 12.4 Å². The highest BCUT2D eigenvalue weighted by Crippen LogP contribution is 2.30. The third-order valence-electron chi connectivity index (χ3n) is 5.95. The van der Waals surface area contributed by atoms with E-state index in [2.05, 4.69) is 49.1 Å². The average molecular weight is 492 g/mol. The number of fused-ring (bicyclic) bond motifs is 6. The minimum absolute atomic E-state index is 0.444. The van der Waals surface area contributed by atoms with E-state index in [0.29, 0.717) is 22.7 Å². The van der Waals surface area contributed by atoms with Gasteiger partial charge in [-0.2, -0.15) is 4.98 Å². The molecule has 2 aromatic heterocycles. The maximum absolute atomic E-state index is 6.39. The maximum Gasteiger partial charge on any atom is 0.229 e. The van der Waals surface area contributed by atoms with Gasteiger partial charge in [-0.3, -0.25) is 0 Å². The second kappa shape index (κ2) is 9.64. The van der Waals surface area contributed by atoms with Gasteiger partial charge < -0.3 is 16.0 Å². The lowest BCUT2D eigenvalue weighted by atomic mass is 10.0. The van der Waals surface area contributed by atoms with Gasteiger partial charge in [0.15, 0.2) is 5.82 Å². The summed E-state index contributed by atoms with van der Waals surface area (Å²) in [6, 6.07) is 26.4. The molecule has 3 heterocycles. The Morgan fingerprint density at radius 1 is 0.778 bits per heavy atom. The van der Waals surface area contributed by atoms with Crippen molar-refractivity contribution in [2.45, 2.75) is 12.8 Å². The smallest absolute Gasteiger partial charge is 0.229 e. The maximum atomic E-state index is 6.39. The number of aromatic nitrogens is 4. The Hall–Kier alpha value is -4.49. The molecule has 0 aliphatic carbocycles. The van der Waals surface area contributed by atoms with Crippen LogP contribution in [0.1, 0.15) is 11.1 Å². The topological polar surface area (TPSA) is 87.7 Å². The minimum Gasteiger partial charge on any atom is -0.339 e. The third kappa shape index (κ3) is 4.82. The predicted molar refractivity (Wildman–Crippen MR) is 145 cm³/mol. The van der Waals surface area contributed by atoms with Gasteiger partial charge in [-0.15, -0.1) is 0 Å². The van der Waals surface area contributed by atoms with E-state index < -0.39 is 0 Å². The Bertz CT molecular complexity index is 1540. The molecule has 7 nitrogen and oxygen atoms in total. The van der Waals surface area contributed by atoms with E-state index in [1.807, 2.05) is 60.7 Å². The van der Waals surface area contributed by atoms with Crippen LogP contribution in [0, 0.1) is 0 Å². The minimum atomic E-state index is 0.444. The van der Waals surface area contributed by atoms with Gasteiger partial charge in [0, 0.05) is 28.8 Å². The van der Waals surface area contributed by atoms with Crippen LogP contribution >= 0.6 is 11.6 Å².